The fourth-order valence-electron chi connectivity index (χ4n) is 0.904. The number of ether oxygens (including phenoxy) is 1. The van der Waals surface area contributed by atoms with Crippen LogP contribution in [-0.2, 0) is 0 Å². The van der Waals surface area contributed by atoms with Gasteiger partial charge in [-0.1, -0.05) is 12.1 Å². The van der Waals surface area contributed by atoms with E-state index in [1.807, 2.05) is 32.0 Å². The Hall–Kier alpha value is -0.630. The van der Waals surface area contributed by atoms with E-state index in [0.717, 1.165) is 16.2 Å². The quantitative estimate of drug-likeness (QED) is 0.668. The van der Waals surface area contributed by atoms with Crippen molar-refractivity contribution in [2.24, 2.45) is 0 Å². The Morgan fingerprint density at radius 1 is 1.45 bits per heavy atom. The van der Waals surface area contributed by atoms with Crippen molar-refractivity contribution < 1.29 is 4.74 Å². The van der Waals surface area contributed by atoms with Gasteiger partial charge in [-0.3, -0.25) is 0 Å². The van der Waals surface area contributed by atoms with E-state index >= 15 is 0 Å². The average Bonchev–Trinajstić information content (AvgIpc) is 1.99. The maximum Gasteiger partial charge on any atom is 0.132 e. The topological polar surface area (TPSA) is 9.23 Å². The van der Waals surface area contributed by atoms with Crippen LogP contribution in [0.3, 0.4) is 0 Å². The van der Waals surface area contributed by atoms with Gasteiger partial charge in [-0.15, -0.1) is 12.6 Å². The first-order chi connectivity index (χ1) is 5.25. The molecule has 11 heavy (non-hydrogen) atoms. The van der Waals surface area contributed by atoms with Gasteiger partial charge in [-0.25, -0.2) is 0 Å². The zero-order chi connectivity index (χ0) is 8.27. The molecule has 0 atom stereocenters. The predicted octanol–water partition coefficient (Wildman–Crippen LogP) is 2.68. The molecule has 0 unspecified atom stereocenters. The summed E-state index contributed by atoms with van der Waals surface area (Å²) in [5, 5.41) is 0. The molecule has 0 aliphatic heterocycles. The van der Waals surface area contributed by atoms with Crippen molar-refractivity contribution in [2.45, 2.75) is 18.7 Å². The van der Waals surface area contributed by atoms with Crippen molar-refractivity contribution in [3.63, 3.8) is 0 Å². The van der Waals surface area contributed by atoms with Crippen LogP contribution in [0.5, 0.6) is 5.75 Å². The van der Waals surface area contributed by atoms with Crippen LogP contribution >= 0.6 is 12.6 Å². The molecule has 0 spiro atoms. The summed E-state index contributed by atoms with van der Waals surface area (Å²) in [6, 6.07) is 5.92. The molecular weight excluding hydrogens is 156 g/mol. The zero-order valence-corrected chi connectivity index (χ0v) is 7.69. The third kappa shape index (κ3) is 1.90. The fourth-order valence-corrected chi connectivity index (χ4v) is 1.12. The Labute approximate surface area is 72.8 Å². The number of aryl methyl sites for hydroxylation is 1. The molecule has 1 aromatic carbocycles. The Morgan fingerprint density at radius 2 is 2.18 bits per heavy atom. The van der Waals surface area contributed by atoms with Gasteiger partial charge in [0.05, 0.1) is 6.61 Å². The molecule has 0 N–H and O–H groups in total. The summed E-state index contributed by atoms with van der Waals surface area (Å²) in [7, 11) is 0. The minimum absolute atomic E-state index is 0.691. The molecule has 2 heteroatoms. The first-order valence-electron chi connectivity index (χ1n) is 3.67. The predicted molar refractivity (Wildman–Crippen MR) is 49.6 cm³/mol. The summed E-state index contributed by atoms with van der Waals surface area (Å²) in [6.45, 7) is 4.68. The van der Waals surface area contributed by atoms with Crippen LogP contribution in [0.4, 0.5) is 0 Å². The Morgan fingerprint density at radius 3 is 2.82 bits per heavy atom. The molecule has 0 radical (unpaired) electrons. The van der Waals surface area contributed by atoms with Crippen molar-refractivity contribution in [1.29, 1.82) is 0 Å². The molecule has 0 aromatic heterocycles. The maximum atomic E-state index is 5.34. The highest BCUT2D eigenvalue weighted by atomic mass is 32.1. The summed E-state index contributed by atoms with van der Waals surface area (Å²) in [4.78, 5) is 0.939. The van der Waals surface area contributed by atoms with Crippen LogP contribution in [0.15, 0.2) is 23.1 Å². The average molecular weight is 168 g/mol. The molecular formula is C9H12OS. The second kappa shape index (κ2) is 3.67. The maximum absolute atomic E-state index is 5.34. The molecule has 0 amide bonds. The van der Waals surface area contributed by atoms with E-state index in [1.165, 1.54) is 0 Å². The van der Waals surface area contributed by atoms with E-state index in [9.17, 15) is 0 Å². The minimum Gasteiger partial charge on any atom is -0.493 e. The van der Waals surface area contributed by atoms with Gasteiger partial charge in [0.1, 0.15) is 5.75 Å². The molecule has 1 rings (SSSR count). The van der Waals surface area contributed by atoms with Crippen LogP contribution in [0, 0.1) is 6.92 Å². The van der Waals surface area contributed by atoms with Crippen LogP contribution in [0.1, 0.15) is 12.5 Å². The van der Waals surface area contributed by atoms with Crippen molar-refractivity contribution in [3.8, 4) is 5.75 Å². The summed E-state index contributed by atoms with van der Waals surface area (Å²) in [6.07, 6.45) is 0. The van der Waals surface area contributed by atoms with Crippen LogP contribution < -0.4 is 4.74 Å². The first-order valence-corrected chi connectivity index (χ1v) is 4.11. The summed E-state index contributed by atoms with van der Waals surface area (Å²) in [5.74, 6) is 0.871. The fraction of sp³-hybridized carbons (Fsp3) is 0.333. The SMILES string of the molecule is CCOc1cccc(C)c1S. The molecule has 1 nitrogen and oxygen atoms in total. The van der Waals surface area contributed by atoms with Gasteiger partial charge in [-0.05, 0) is 25.5 Å². The van der Waals surface area contributed by atoms with E-state index in [0.29, 0.717) is 6.61 Å². The number of hydrogen-bond acceptors (Lipinski definition) is 2. The smallest absolute Gasteiger partial charge is 0.132 e. The molecule has 0 saturated heterocycles. The molecule has 0 aliphatic carbocycles. The largest absolute Gasteiger partial charge is 0.493 e. The highest BCUT2D eigenvalue weighted by molar-refractivity contribution is 7.80. The normalized spacial score (nSPS) is 9.73. The second-order valence-corrected chi connectivity index (χ2v) is 2.80. The van der Waals surface area contributed by atoms with Crippen molar-refractivity contribution in [2.75, 3.05) is 6.61 Å². The third-order valence-corrected chi connectivity index (χ3v) is 2.07. The van der Waals surface area contributed by atoms with E-state index in [4.69, 9.17) is 4.74 Å². The van der Waals surface area contributed by atoms with E-state index in [-0.39, 0.29) is 0 Å². The van der Waals surface area contributed by atoms with Gasteiger partial charge in [0.15, 0.2) is 0 Å². The van der Waals surface area contributed by atoms with Crippen molar-refractivity contribution in [1.82, 2.24) is 0 Å². The third-order valence-electron chi connectivity index (χ3n) is 1.50. The van der Waals surface area contributed by atoms with Gasteiger partial charge in [0.25, 0.3) is 0 Å². The lowest BCUT2D eigenvalue weighted by molar-refractivity contribution is 0.332. The molecule has 0 saturated carbocycles. The van der Waals surface area contributed by atoms with E-state index in [2.05, 4.69) is 12.6 Å². The van der Waals surface area contributed by atoms with Crippen LogP contribution in [0.2, 0.25) is 0 Å². The van der Waals surface area contributed by atoms with Crippen molar-refractivity contribution in [3.05, 3.63) is 23.8 Å². The number of benzene rings is 1. The summed E-state index contributed by atoms with van der Waals surface area (Å²) < 4.78 is 5.34. The number of thiol groups is 1. The van der Waals surface area contributed by atoms with Crippen molar-refractivity contribution >= 4 is 12.6 Å². The molecule has 0 bridgehead atoms. The summed E-state index contributed by atoms with van der Waals surface area (Å²) in [5.41, 5.74) is 1.15. The monoisotopic (exact) mass is 168 g/mol. The van der Waals surface area contributed by atoms with E-state index < -0.39 is 0 Å². The minimum atomic E-state index is 0.691. The van der Waals surface area contributed by atoms with Crippen LogP contribution in [-0.4, -0.2) is 6.61 Å². The Balaban J connectivity index is 2.96. The van der Waals surface area contributed by atoms with Gasteiger partial charge < -0.3 is 4.74 Å². The van der Waals surface area contributed by atoms with Gasteiger partial charge in [0, 0.05) is 4.90 Å². The highest BCUT2D eigenvalue weighted by Crippen LogP contribution is 2.25. The lowest BCUT2D eigenvalue weighted by Gasteiger charge is -2.07. The Kier molecular flexibility index (Phi) is 2.83. The highest BCUT2D eigenvalue weighted by Gasteiger charge is 1.99. The molecule has 0 heterocycles. The molecule has 0 fully saturated rings. The molecule has 0 aliphatic rings. The molecule has 1 aromatic rings. The molecule has 60 valence electrons. The lowest BCUT2D eigenvalue weighted by atomic mass is 10.2. The van der Waals surface area contributed by atoms with Gasteiger partial charge in [0.2, 0.25) is 0 Å². The summed E-state index contributed by atoms with van der Waals surface area (Å²) >= 11 is 4.32. The van der Waals surface area contributed by atoms with Crippen LogP contribution in [0.25, 0.3) is 0 Å². The number of hydrogen-bond donors (Lipinski definition) is 1. The van der Waals surface area contributed by atoms with E-state index in [1.54, 1.807) is 0 Å². The number of rotatable bonds is 2. The van der Waals surface area contributed by atoms with Gasteiger partial charge >= 0.3 is 0 Å². The van der Waals surface area contributed by atoms with Gasteiger partial charge in [-0.2, -0.15) is 0 Å². The second-order valence-electron chi connectivity index (χ2n) is 2.35. The first kappa shape index (κ1) is 8.47. The zero-order valence-electron chi connectivity index (χ0n) is 6.79. The standard InChI is InChI=1S/C9H12OS/c1-3-10-8-6-4-5-7(2)9(8)11/h4-6,11H,3H2,1-2H3. The lowest BCUT2D eigenvalue weighted by Crippen LogP contribution is -1.93. The Bertz CT molecular complexity index is 245.